The Labute approximate surface area is 67.8 Å². The minimum Gasteiger partial charge on any atom is -0.366 e. The van der Waals surface area contributed by atoms with Crippen LogP contribution in [-0.4, -0.2) is 4.98 Å². The van der Waals surface area contributed by atoms with Crippen LogP contribution < -0.4 is 0 Å². The van der Waals surface area contributed by atoms with Crippen LogP contribution in [0.25, 0.3) is 10.8 Å². The van der Waals surface area contributed by atoms with Crippen molar-refractivity contribution >= 4 is 22.4 Å². The van der Waals surface area contributed by atoms with Gasteiger partial charge in [-0.2, -0.15) is 0 Å². The maximum atomic E-state index is 12.8. The molecule has 0 fully saturated rings. The van der Waals surface area contributed by atoms with Gasteiger partial charge in [-0.25, -0.2) is 4.39 Å². The first-order valence-corrected chi connectivity index (χ1v) is 3.57. The van der Waals surface area contributed by atoms with Gasteiger partial charge in [0.05, 0.1) is 5.02 Å². The molecule has 56 valence electrons. The number of nitrogens with one attached hydrogen (secondary N) is 1. The average molecular weight is 170 g/mol. The van der Waals surface area contributed by atoms with E-state index in [-0.39, 0.29) is 10.8 Å². The van der Waals surface area contributed by atoms with E-state index in [4.69, 9.17) is 11.6 Å². The molecule has 1 nitrogen and oxygen atoms in total. The Morgan fingerprint density at radius 1 is 1.27 bits per heavy atom. The number of H-pyrrole nitrogens is 1. The van der Waals surface area contributed by atoms with Crippen LogP contribution >= 0.6 is 11.6 Å². The minimum absolute atomic E-state index is 0.184. The summed E-state index contributed by atoms with van der Waals surface area (Å²) in [7, 11) is 0. The van der Waals surface area contributed by atoms with E-state index in [2.05, 4.69) is 4.98 Å². The summed E-state index contributed by atoms with van der Waals surface area (Å²) in [6, 6.07) is 3.05. The second-order valence-corrected chi connectivity index (χ2v) is 2.70. The van der Waals surface area contributed by atoms with Crippen LogP contribution in [-0.2, 0) is 0 Å². The lowest BCUT2D eigenvalue weighted by molar-refractivity contribution is 0.630. The second-order valence-electron chi connectivity index (χ2n) is 2.32. The summed E-state index contributed by atoms with van der Waals surface area (Å²) >= 11 is 5.67. The zero-order valence-corrected chi connectivity index (χ0v) is 6.32. The molecule has 0 bridgehead atoms. The number of rotatable bonds is 0. The van der Waals surface area contributed by atoms with Crippen LogP contribution in [0.15, 0.2) is 24.5 Å². The van der Waals surface area contributed by atoms with Crippen molar-refractivity contribution < 1.29 is 4.39 Å². The van der Waals surface area contributed by atoms with Crippen molar-refractivity contribution in [1.29, 1.82) is 0 Å². The van der Waals surface area contributed by atoms with E-state index >= 15 is 0 Å². The third-order valence-corrected chi connectivity index (χ3v) is 2.02. The Balaban J connectivity index is 2.93. The molecule has 2 aromatic rings. The minimum atomic E-state index is -0.376. The lowest BCUT2D eigenvalue weighted by atomic mass is 10.2. The van der Waals surface area contributed by atoms with Crippen molar-refractivity contribution in [2.45, 2.75) is 0 Å². The summed E-state index contributed by atoms with van der Waals surface area (Å²) in [6.45, 7) is 0. The van der Waals surface area contributed by atoms with Gasteiger partial charge < -0.3 is 4.98 Å². The summed E-state index contributed by atoms with van der Waals surface area (Å²) in [6.07, 6.45) is 3.46. The molecule has 0 aliphatic rings. The van der Waals surface area contributed by atoms with Crippen molar-refractivity contribution in [2.24, 2.45) is 0 Å². The molecule has 1 N–H and O–H groups in total. The average Bonchev–Trinajstić information content (AvgIpc) is 2.45. The Kier molecular flexibility index (Phi) is 1.36. The fourth-order valence-electron chi connectivity index (χ4n) is 1.07. The van der Waals surface area contributed by atoms with E-state index in [0.717, 1.165) is 10.8 Å². The molecular weight excluding hydrogens is 165 g/mol. The van der Waals surface area contributed by atoms with Gasteiger partial charge in [0.15, 0.2) is 0 Å². The molecule has 0 saturated carbocycles. The van der Waals surface area contributed by atoms with Crippen molar-refractivity contribution in [3.8, 4) is 0 Å². The van der Waals surface area contributed by atoms with E-state index in [9.17, 15) is 4.39 Å². The molecule has 0 spiro atoms. The number of halogens is 2. The Morgan fingerprint density at radius 3 is 2.91 bits per heavy atom. The van der Waals surface area contributed by atoms with E-state index < -0.39 is 0 Å². The highest BCUT2D eigenvalue weighted by Gasteiger charge is 2.03. The fraction of sp³-hybridized carbons (Fsp3) is 0. The van der Waals surface area contributed by atoms with Crippen molar-refractivity contribution in [1.82, 2.24) is 4.98 Å². The number of aromatic nitrogens is 1. The molecule has 0 radical (unpaired) electrons. The van der Waals surface area contributed by atoms with Crippen molar-refractivity contribution in [3.63, 3.8) is 0 Å². The molecule has 1 aromatic carbocycles. The first-order valence-electron chi connectivity index (χ1n) is 3.19. The standard InChI is InChI=1S/C8H5ClFN/c9-8-6-4-11-3-5(6)1-2-7(8)10/h1-4,11H. The van der Waals surface area contributed by atoms with Crippen molar-refractivity contribution in [2.75, 3.05) is 0 Å². The summed E-state index contributed by atoms with van der Waals surface area (Å²) in [5.74, 6) is -0.376. The van der Waals surface area contributed by atoms with Gasteiger partial charge in [0.1, 0.15) is 5.82 Å². The van der Waals surface area contributed by atoms with E-state index in [1.165, 1.54) is 6.07 Å². The van der Waals surface area contributed by atoms with Gasteiger partial charge in [0.2, 0.25) is 0 Å². The molecule has 0 atom stereocenters. The second kappa shape index (κ2) is 2.24. The Morgan fingerprint density at radius 2 is 2.09 bits per heavy atom. The van der Waals surface area contributed by atoms with Gasteiger partial charge >= 0.3 is 0 Å². The number of benzene rings is 1. The molecular formula is C8H5ClFN. The molecule has 0 amide bonds. The van der Waals surface area contributed by atoms with Crippen LogP contribution in [0, 0.1) is 5.82 Å². The molecule has 1 heterocycles. The first kappa shape index (κ1) is 6.68. The summed E-state index contributed by atoms with van der Waals surface area (Å²) in [5, 5.41) is 1.84. The zero-order chi connectivity index (χ0) is 7.84. The third-order valence-electron chi connectivity index (χ3n) is 1.63. The van der Waals surface area contributed by atoms with Crippen LogP contribution in [0.2, 0.25) is 5.02 Å². The Hall–Kier alpha value is -1.02. The highest BCUT2D eigenvalue weighted by molar-refractivity contribution is 6.35. The van der Waals surface area contributed by atoms with Gasteiger partial charge in [-0.05, 0) is 12.1 Å². The molecule has 0 aliphatic carbocycles. The maximum Gasteiger partial charge on any atom is 0.142 e. The lowest BCUT2D eigenvalue weighted by Crippen LogP contribution is -1.74. The molecule has 1 aromatic heterocycles. The molecule has 0 aliphatic heterocycles. The van der Waals surface area contributed by atoms with Crippen LogP contribution in [0.5, 0.6) is 0 Å². The monoisotopic (exact) mass is 169 g/mol. The van der Waals surface area contributed by atoms with Gasteiger partial charge in [-0.1, -0.05) is 11.6 Å². The SMILES string of the molecule is Fc1ccc2c[nH]cc2c1Cl. The summed E-state index contributed by atoms with van der Waals surface area (Å²) in [5.41, 5.74) is 0. The summed E-state index contributed by atoms with van der Waals surface area (Å²) < 4.78 is 12.8. The van der Waals surface area contributed by atoms with E-state index in [1.54, 1.807) is 18.5 Å². The highest BCUT2D eigenvalue weighted by Crippen LogP contribution is 2.25. The molecule has 0 unspecified atom stereocenters. The number of hydrogen-bond acceptors (Lipinski definition) is 0. The van der Waals surface area contributed by atoms with E-state index in [1.807, 2.05) is 0 Å². The first-order chi connectivity index (χ1) is 5.29. The number of aromatic amines is 1. The topological polar surface area (TPSA) is 15.8 Å². The maximum absolute atomic E-state index is 12.8. The molecule has 3 heteroatoms. The third kappa shape index (κ3) is 0.906. The molecule has 2 rings (SSSR count). The highest BCUT2D eigenvalue weighted by atomic mass is 35.5. The summed E-state index contributed by atoms with van der Waals surface area (Å²) in [4.78, 5) is 2.85. The van der Waals surface area contributed by atoms with Crippen LogP contribution in [0.4, 0.5) is 4.39 Å². The number of fused-ring (bicyclic) bond motifs is 1. The number of hydrogen-bond donors (Lipinski definition) is 1. The van der Waals surface area contributed by atoms with Crippen molar-refractivity contribution in [3.05, 3.63) is 35.4 Å². The van der Waals surface area contributed by atoms with Gasteiger partial charge in [-0.15, -0.1) is 0 Å². The van der Waals surface area contributed by atoms with Gasteiger partial charge in [0.25, 0.3) is 0 Å². The van der Waals surface area contributed by atoms with Gasteiger partial charge in [0, 0.05) is 23.2 Å². The largest absolute Gasteiger partial charge is 0.366 e. The Bertz CT molecular complexity index is 394. The smallest absolute Gasteiger partial charge is 0.142 e. The van der Waals surface area contributed by atoms with Crippen LogP contribution in [0.3, 0.4) is 0 Å². The molecule has 0 saturated heterocycles. The van der Waals surface area contributed by atoms with E-state index in [0.29, 0.717) is 0 Å². The molecule has 11 heavy (non-hydrogen) atoms. The van der Waals surface area contributed by atoms with Crippen LogP contribution in [0.1, 0.15) is 0 Å². The normalized spacial score (nSPS) is 10.7. The zero-order valence-electron chi connectivity index (χ0n) is 5.57. The van der Waals surface area contributed by atoms with Gasteiger partial charge in [-0.3, -0.25) is 0 Å². The fourth-order valence-corrected chi connectivity index (χ4v) is 1.30. The predicted molar refractivity (Wildman–Crippen MR) is 43.3 cm³/mol. The quantitative estimate of drug-likeness (QED) is 0.624. The predicted octanol–water partition coefficient (Wildman–Crippen LogP) is 2.96. The lowest BCUT2D eigenvalue weighted by Gasteiger charge is -1.93.